The van der Waals surface area contributed by atoms with E-state index < -0.39 is 0 Å². The van der Waals surface area contributed by atoms with Crippen molar-refractivity contribution < 1.29 is 9.47 Å². The molecule has 2 rings (SSSR count). The van der Waals surface area contributed by atoms with Crippen molar-refractivity contribution in [3.63, 3.8) is 0 Å². The smallest absolute Gasteiger partial charge is 0.119 e. The van der Waals surface area contributed by atoms with Crippen molar-refractivity contribution >= 4 is 0 Å². The average Bonchev–Trinajstić information content (AvgIpc) is 2.88. The van der Waals surface area contributed by atoms with Crippen molar-refractivity contribution in [3.8, 4) is 5.75 Å². The van der Waals surface area contributed by atoms with Gasteiger partial charge in [-0.05, 0) is 38.4 Å². The predicted molar refractivity (Wildman–Crippen MR) is 68.4 cm³/mol. The fourth-order valence-electron chi connectivity index (χ4n) is 2.13. The first kappa shape index (κ1) is 12.4. The fourth-order valence-corrected chi connectivity index (χ4v) is 2.13. The van der Waals surface area contributed by atoms with E-state index in [2.05, 4.69) is 5.32 Å². The highest BCUT2D eigenvalue weighted by Crippen LogP contribution is 2.17. The molecule has 1 heterocycles. The Morgan fingerprint density at radius 2 is 2.24 bits per heavy atom. The van der Waals surface area contributed by atoms with E-state index >= 15 is 0 Å². The number of ether oxygens (including phenoxy) is 2. The monoisotopic (exact) mass is 235 g/mol. The SMILES string of the molecule is CNC(COc1ccccc1)CC1CCCO1. The highest BCUT2D eigenvalue weighted by Gasteiger charge is 2.20. The molecule has 1 aliphatic heterocycles. The summed E-state index contributed by atoms with van der Waals surface area (Å²) in [5.74, 6) is 0.931. The molecule has 2 unspecified atom stereocenters. The zero-order valence-corrected chi connectivity index (χ0v) is 10.4. The van der Waals surface area contributed by atoms with Gasteiger partial charge in [-0.1, -0.05) is 18.2 Å². The van der Waals surface area contributed by atoms with Crippen molar-refractivity contribution in [1.29, 1.82) is 0 Å². The van der Waals surface area contributed by atoms with Gasteiger partial charge in [-0.3, -0.25) is 0 Å². The first-order chi connectivity index (χ1) is 8.38. The van der Waals surface area contributed by atoms with E-state index in [9.17, 15) is 0 Å². The Labute approximate surface area is 103 Å². The maximum atomic E-state index is 5.75. The van der Waals surface area contributed by atoms with Crippen LogP contribution in [0.3, 0.4) is 0 Å². The van der Waals surface area contributed by atoms with E-state index in [1.165, 1.54) is 12.8 Å². The molecule has 0 amide bonds. The molecule has 1 aliphatic rings. The van der Waals surface area contributed by atoms with Gasteiger partial charge in [-0.15, -0.1) is 0 Å². The molecule has 0 aromatic heterocycles. The third kappa shape index (κ3) is 4.02. The Hall–Kier alpha value is -1.06. The number of hydrogen-bond donors (Lipinski definition) is 1. The van der Waals surface area contributed by atoms with Gasteiger partial charge in [0.05, 0.1) is 6.10 Å². The molecule has 0 saturated carbocycles. The molecule has 17 heavy (non-hydrogen) atoms. The Balaban J connectivity index is 1.75. The Bertz CT molecular complexity index is 309. The summed E-state index contributed by atoms with van der Waals surface area (Å²) < 4.78 is 11.4. The second kappa shape index (κ2) is 6.62. The number of rotatable bonds is 6. The minimum atomic E-state index is 0.360. The van der Waals surface area contributed by atoms with Crippen LogP contribution < -0.4 is 10.1 Å². The van der Waals surface area contributed by atoms with Crippen LogP contribution in [0.1, 0.15) is 19.3 Å². The summed E-state index contributed by atoms with van der Waals surface area (Å²) in [4.78, 5) is 0. The zero-order valence-electron chi connectivity index (χ0n) is 10.4. The lowest BCUT2D eigenvalue weighted by atomic mass is 10.1. The first-order valence-electron chi connectivity index (χ1n) is 6.35. The van der Waals surface area contributed by atoms with Crippen molar-refractivity contribution in [2.24, 2.45) is 0 Å². The van der Waals surface area contributed by atoms with Crippen LogP contribution in [0.15, 0.2) is 30.3 Å². The number of nitrogens with one attached hydrogen (secondary N) is 1. The highest BCUT2D eigenvalue weighted by atomic mass is 16.5. The topological polar surface area (TPSA) is 30.5 Å². The van der Waals surface area contributed by atoms with E-state index in [0.717, 1.165) is 18.8 Å². The Morgan fingerprint density at radius 3 is 2.88 bits per heavy atom. The molecule has 3 nitrogen and oxygen atoms in total. The number of benzene rings is 1. The largest absolute Gasteiger partial charge is 0.492 e. The number of hydrogen-bond acceptors (Lipinski definition) is 3. The van der Waals surface area contributed by atoms with Crippen LogP contribution >= 0.6 is 0 Å². The van der Waals surface area contributed by atoms with E-state index in [0.29, 0.717) is 18.8 Å². The molecule has 2 atom stereocenters. The molecule has 1 saturated heterocycles. The summed E-state index contributed by atoms with van der Waals surface area (Å²) in [6.07, 6.45) is 3.82. The van der Waals surface area contributed by atoms with Crippen LogP contribution in [0.2, 0.25) is 0 Å². The summed E-state index contributed by atoms with van der Waals surface area (Å²) in [6.45, 7) is 1.61. The number of likely N-dealkylation sites (N-methyl/N-ethyl adjacent to an activating group) is 1. The van der Waals surface area contributed by atoms with E-state index in [-0.39, 0.29) is 0 Å². The fraction of sp³-hybridized carbons (Fsp3) is 0.571. The van der Waals surface area contributed by atoms with Gasteiger partial charge in [0.2, 0.25) is 0 Å². The van der Waals surface area contributed by atoms with Crippen molar-refractivity contribution in [2.75, 3.05) is 20.3 Å². The first-order valence-corrected chi connectivity index (χ1v) is 6.35. The average molecular weight is 235 g/mol. The second-order valence-electron chi connectivity index (χ2n) is 4.48. The van der Waals surface area contributed by atoms with Crippen molar-refractivity contribution in [2.45, 2.75) is 31.4 Å². The second-order valence-corrected chi connectivity index (χ2v) is 4.48. The minimum Gasteiger partial charge on any atom is -0.492 e. The normalized spacial score (nSPS) is 21.4. The summed E-state index contributed by atoms with van der Waals surface area (Å²) in [7, 11) is 1.98. The van der Waals surface area contributed by atoms with Gasteiger partial charge in [0.25, 0.3) is 0 Å². The summed E-state index contributed by atoms with van der Waals surface area (Å²) >= 11 is 0. The van der Waals surface area contributed by atoms with E-state index in [1.54, 1.807) is 0 Å². The number of para-hydroxylation sites is 1. The molecule has 0 aliphatic carbocycles. The molecule has 1 fully saturated rings. The van der Waals surface area contributed by atoms with E-state index in [4.69, 9.17) is 9.47 Å². The molecule has 0 spiro atoms. The lowest BCUT2D eigenvalue weighted by Crippen LogP contribution is -2.35. The maximum Gasteiger partial charge on any atom is 0.119 e. The Morgan fingerprint density at radius 1 is 1.41 bits per heavy atom. The van der Waals surface area contributed by atoms with Crippen molar-refractivity contribution in [3.05, 3.63) is 30.3 Å². The van der Waals surface area contributed by atoms with Crippen LogP contribution in [-0.4, -0.2) is 32.4 Å². The lowest BCUT2D eigenvalue weighted by molar-refractivity contribution is 0.0882. The van der Waals surface area contributed by atoms with Gasteiger partial charge in [0.15, 0.2) is 0 Å². The van der Waals surface area contributed by atoms with E-state index in [1.807, 2.05) is 37.4 Å². The molecule has 0 radical (unpaired) electrons. The summed E-state index contributed by atoms with van der Waals surface area (Å²) in [5.41, 5.74) is 0. The molecule has 3 heteroatoms. The predicted octanol–water partition coefficient (Wildman–Crippen LogP) is 2.22. The van der Waals surface area contributed by atoms with Crippen LogP contribution in [0, 0.1) is 0 Å². The standard InChI is InChI=1S/C14H21NO2/c1-15-12(10-14-8-5-9-16-14)11-17-13-6-3-2-4-7-13/h2-4,6-7,12,14-15H,5,8-11H2,1H3. The quantitative estimate of drug-likeness (QED) is 0.820. The molecule has 1 N–H and O–H groups in total. The van der Waals surface area contributed by atoms with Gasteiger partial charge in [0.1, 0.15) is 12.4 Å². The molecule has 94 valence electrons. The third-order valence-electron chi connectivity index (χ3n) is 3.17. The molecule has 1 aromatic rings. The summed E-state index contributed by atoms with van der Waals surface area (Å²) in [5, 5.41) is 3.29. The molecule has 1 aromatic carbocycles. The van der Waals surface area contributed by atoms with Crippen LogP contribution in [-0.2, 0) is 4.74 Å². The van der Waals surface area contributed by atoms with Gasteiger partial charge in [-0.25, -0.2) is 0 Å². The summed E-state index contributed by atoms with van der Waals surface area (Å²) in [6, 6.07) is 10.3. The minimum absolute atomic E-state index is 0.360. The highest BCUT2D eigenvalue weighted by molar-refractivity contribution is 5.20. The van der Waals surface area contributed by atoms with Gasteiger partial charge in [-0.2, -0.15) is 0 Å². The maximum absolute atomic E-state index is 5.75. The molecular formula is C14H21NO2. The van der Waals surface area contributed by atoms with Gasteiger partial charge >= 0.3 is 0 Å². The van der Waals surface area contributed by atoms with Gasteiger partial charge in [0, 0.05) is 12.6 Å². The van der Waals surface area contributed by atoms with Gasteiger partial charge < -0.3 is 14.8 Å². The molecule has 0 bridgehead atoms. The van der Waals surface area contributed by atoms with Crippen LogP contribution in [0.4, 0.5) is 0 Å². The van der Waals surface area contributed by atoms with Crippen LogP contribution in [0.25, 0.3) is 0 Å². The van der Waals surface area contributed by atoms with Crippen molar-refractivity contribution in [1.82, 2.24) is 5.32 Å². The Kier molecular flexibility index (Phi) is 4.83. The zero-order chi connectivity index (χ0) is 11.9. The molecular weight excluding hydrogens is 214 g/mol. The van der Waals surface area contributed by atoms with Crippen LogP contribution in [0.5, 0.6) is 5.75 Å². The third-order valence-corrected chi connectivity index (χ3v) is 3.17. The lowest BCUT2D eigenvalue weighted by Gasteiger charge is -2.20.